The van der Waals surface area contributed by atoms with Gasteiger partial charge in [0, 0.05) is 5.92 Å². The normalized spacial score (nSPS) is 14.9. The Morgan fingerprint density at radius 3 is 1.97 bits per heavy atom. The molecule has 39 heavy (non-hydrogen) atoms. The van der Waals surface area contributed by atoms with Crippen molar-refractivity contribution in [3.05, 3.63) is 17.0 Å². The molecule has 1 fully saturated rings. The first-order chi connectivity index (χ1) is 17.9. The van der Waals surface area contributed by atoms with E-state index in [0.29, 0.717) is 4.88 Å². The molecule has 1 aliphatic rings. The van der Waals surface area contributed by atoms with Gasteiger partial charge in [-0.15, -0.1) is 0 Å². The molecule has 0 spiro atoms. The summed E-state index contributed by atoms with van der Waals surface area (Å²) in [5.74, 6) is -1.22. The van der Waals surface area contributed by atoms with E-state index in [1.807, 2.05) is 0 Å². The van der Waals surface area contributed by atoms with Gasteiger partial charge in [0.05, 0.1) is 12.2 Å². The quantitative estimate of drug-likeness (QED) is 0.184. The molecule has 1 aliphatic carbocycles. The third kappa shape index (κ3) is 7.16. The zero-order chi connectivity index (χ0) is 29.3. The number of hydrogen-bond donors (Lipinski definition) is 3. The monoisotopic (exact) mass is 582 g/mol. The molecule has 0 unspecified atom stereocenters. The smallest absolute Gasteiger partial charge is 0.326 e. The predicted octanol–water partition coefficient (Wildman–Crippen LogP) is 4.43. The highest BCUT2D eigenvalue weighted by atomic mass is 32.1. The van der Waals surface area contributed by atoms with Gasteiger partial charge in [-0.05, 0) is 80.4 Å². The average Bonchev–Trinajstić information content (AvgIpc) is 3.37. The number of thiazole rings is 1. The van der Waals surface area contributed by atoms with Crippen LogP contribution in [0, 0.1) is 5.92 Å². The fourth-order valence-electron chi connectivity index (χ4n) is 3.89. The number of nitrogen functional groups attached to an aromatic ring is 1. The van der Waals surface area contributed by atoms with Gasteiger partial charge in [-0.25, -0.2) is 15.2 Å². The largest absolute Gasteiger partial charge is 0.462 e. The second kappa shape index (κ2) is 11.5. The summed E-state index contributed by atoms with van der Waals surface area (Å²) >= 11 is 1.09. The molecular formula is C26H39N4O7PS. The number of aromatic nitrogens is 1. The van der Waals surface area contributed by atoms with Gasteiger partial charge < -0.3 is 19.6 Å². The van der Waals surface area contributed by atoms with Crippen molar-refractivity contribution in [1.82, 2.24) is 15.2 Å². The lowest BCUT2D eigenvalue weighted by atomic mass is 9.81. The van der Waals surface area contributed by atoms with E-state index < -0.39 is 42.7 Å². The van der Waals surface area contributed by atoms with Crippen LogP contribution in [0.4, 0.5) is 5.13 Å². The minimum Gasteiger partial charge on any atom is -0.462 e. The molecule has 0 radical (unpaired) electrons. The lowest BCUT2D eigenvalue weighted by Gasteiger charge is -2.34. The number of ether oxygens (including phenoxy) is 2. The van der Waals surface area contributed by atoms with E-state index in [1.165, 1.54) is 39.8 Å². The average molecular weight is 583 g/mol. The summed E-state index contributed by atoms with van der Waals surface area (Å²) in [6, 6.07) is 2.99. The highest BCUT2D eigenvalue weighted by Gasteiger charge is 2.46. The number of ketones is 1. The molecule has 0 atom stereocenters. The molecule has 2 heterocycles. The molecule has 4 N–H and O–H groups in total. The van der Waals surface area contributed by atoms with Crippen LogP contribution in [0.25, 0.3) is 11.5 Å². The Labute approximate surface area is 233 Å². The fourth-order valence-corrected chi connectivity index (χ4v) is 7.29. The predicted molar refractivity (Wildman–Crippen MR) is 150 cm³/mol. The SMILES string of the molecule is CC(C)OC(=O)C(C)(C)NP(=O)(NC(C)(C)C(=O)OC(C)C)c1ccc(-c2nc(N)sc2C(=O)C2CCC2)o1. The van der Waals surface area contributed by atoms with Crippen molar-refractivity contribution in [3.8, 4) is 11.5 Å². The van der Waals surface area contributed by atoms with Crippen LogP contribution in [-0.2, 0) is 23.6 Å². The summed E-state index contributed by atoms with van der Waals surface area (Å²) in [4.78, 5) is 43.4. The Hall–Kier alpha value is -2.53. The van der Waals surface area contributed by atoms with Gasteiger partial charge in [0.2, 0.25) is 0 Å². The molecule has 0 bridgehead atoms. The second-order valence-corrected chi connectivity index (χ2v) is 14.5. The maximum absolute atomic E-state index is 14.6. The number of nitrogens with two attached hydrogens (primary N) is 1. The maximum atomic E-state index is 14.6. The minimum atomic E-state index is -4.06. The molecule has 13 heteroatoms. The van der Waals surface area contributed by atoms with Crippen molar-refractivity contribution >= 4 is 47.1 Å². The van der Waals surface area contributed by atoms with Crippen LogP contribution >= 0.6 is 18.8 Å². The molecule has 11 nitrogen and oxygen atoms in total. The van der Waals surface area contributed by atoms with Gasteiger partial charge >= 0.3 is 11.9 Å². The molecule has 216 valence electrons. The number of nitrogens with zero attached hydrogens (tertiary/aromatic N) is 1. The van der Waals surface area contributed by atoms with E-state index in [-0.39, 0.29) is 33.8 Å². The lowest BCUT2D eigenvalue weighted by Crippen LogP contribution is -2.55. The lowest BCUT2D eigenvalue weighted by molar-refractivity contribution is -0.153. The number of furan rings is 1. The van der Waals surface area contributed by atoms with Gasteiger partial charge in [0.15, 0.2) is 22.2 Å². The number of rotatable bonds is 12. The van der Waals surface area contributed by atoms with Gasteiger partial charge in [0.1, 0.15) is 21.6 Å². The summed E-state index contributed by atoms with van der Waals surface area (Å²) in [5, 5.41) is 5.93. The van der Waals surface area contributed by atoms with E-state index in [9.17, 15) is 18.9 Å². The van der Waals surface area contributed by atoms with Gasteiger partial charge in [-0.1, -0.05) is 17.8 Å². The fraction of sp³-hybridized carbons (Fsp3) is 0.615. The number of hydrogen-bond acceptors (Lipinski definition) is 10. The third-order valence-electron chi connectivity index (χ3n) is 6.06. The summed E-state index contributed by atoms with van der Waals surface area (Å²) in [6.07, 6.45) is 1.81. The van der Waals surface area contributed by atoms with Gasteiger partial charge in [0.25, 0.3) is 7.44 Å². The Morgan fingerprint density at radius 1 is 1.03 bits per heavy atom. The van der Waals surface area contributed by atoms with Crippen LogP contribution in [0.2, 0.25) is 0 Å². The molecule has 0 saturated heterocycles. The zero-order valence-corrected chi connectivity index (χ0v) is 25.5. The van der Waals surface area contributed by atoms with Gasteiger partial charge in [-0.3, -0.25) is 18.9 Å². The van der Waals surface area contributed by atoms with E-state index in [2.05, 4.69) is 15.2 Å². The highest BCUT2D eigenvalue weighted by Crippen LogP contribution is 2.43. The molecular weight excluding hydrogens is 543 g/mol. The van der Waals surface area contributed by atoms with Crippen molar-refractivity contribution in [1.29, 1.82) is 0 Å². The van der Waals surface area contributed by atoms with Crippen molar-refractivity contribution in [3.63, 3.8) is 0 Å². The number of carbonyl (C=O) groups is 3. The standard InChI is InChI=1S/C26H39N4O7PS/c1-14(2)35-22(32)25(5,6)29-38(34,30-26(7,8)23(33)36-15(3)4)18-13-12-17(37-18)19-21(39-24(27)28-19)20(31)16-10-9-11-16/h12-16H,9-11H2,1-8H3,(H2,27,28)(H2,29,30,34). The van der Waals surface area contributed by atoms with Crippen molar-refractivity contribution in [2.75, 3.05) is 5.73 Å². The topological polar surface area (TPSA) is 163 Å². The Bertz CT molecular complexity index is 1240. The van der Waals surface area contributed by atoms with Crippen molar-refractivity contribution in [2.24, 2.45) is 5.92 Å². The maximum Gasteiger partial charge on any atom is 0.326 e. The molecule has 3 rings (SSSR count). The number of nitrogens with one attached hydrogen (secondary N) is 2. The Kier molecular flexibility index (Phi) is 9.16. The summed E-state index contributed by atoms with van der Waals surface area (Å²) in [6.45, 7) is 12.9. The zero-order valence-electron chi connectivity index (χ0n) is 23.7. The van der Waals surface area contributed by atoms with Crippen LogP contribution in [0.15, 0.2) is 16.5 Å². The first-order valence-corrected chi connectivity index (χ1v) is 15.5. The highest BCUT2D eigenvalue weighted by molar-refractivity contribution is 7.67. The molecule has 0 aliphatic heterocycles. The van der Waals surface area contributed by atoms with E-state index in [0.717, 1.165) is 30.6 Å². The van der Waals surface area contributed by atoms with Crippen LogP contribution in [0.1, 0.15) is 84.3 Å². The van der Waals surface area contributed by atoms with E-state index >= 15 is 0 Å². The van der Waals surface area contributed by atoms with E-state index in [1.54, 1.807) is 27.7 Å². The number of anilines is 1. The number of esters is 2. The Morgan fingerprint density at radius 2 is 1.54 bits per heavy atom. The van der Waals surface area contributed by atoms with Crippen LogP contribution < -0.4 is 21.4 Å². The Balaban J connectivity index is 2.03. The van der Waals surface area contributed by atoms with Crippen LogP contribution in [-0.4, -0.2) is 46.0 Å². The summed E-state index contributed by atoms with van der Waals surface area (Å²) in [5.41, 5.74) is 3.24. The van der Waals surface area contributed by atoms with Crippen molar-refractivity contribution in [2.45, 2.75) is 97.9 Å². The number of Topliss-reactive ketones (excluding diaryl/α,β-unsaturated/α-hetero) is 1. The summed E-state index contributed by atoms with van der Waals surface area (Å²) in [7, 11) is -4.06. The molecule has 0 amide bonds. The van der Waals surface area contributed by atoms with Crippen LogP contribution in [0.3, 0.4) is 0 Å². The molecule has 1 saturated carbocycles. The minimum absolute atomic E-state index is 0.0436. The summed E-state index contributed by atoms with van der Waals surface area (Å²) < 4.78 is 31.4. The first-order valence-electron chi connectivity index (χ1n) is 13.0. The molecule has 2 aromatic heterocycles. The van der Waals surface area contributed by atoms with E-state index in [4.69, 9.17) is 19.6 Å². The number of carbonyl (C=O) groups excluding carboxylic acids is 3. The first kappa shape index (κ1) is 31.0. The second-order valence-electron chi connectivity index (χ2n) is 11.4. The molecule has 2 aromatic rings. The third-order valence-corrected chi connectivity index (χ3v) is 9.57. The van der Waals surface area contributed by atoms with Crippen LogP contribution in [0.5, 0.6) is 0 Å². The van der Waals surface area contributed by atoms with Crippen molar-refractivity contribution < 1.29 is 32.8 Å². The molecule has 0 aromatic carbocycles. The van der Waals surface area contributed by atoms with Gasteiger partial charge in [-0.2, -0.15) is 0 Å².